The van der Waals surface area contributed by atoms with Crippen LogP contribution in [0.1, 0.15) is 51.0 Å². The lowest BCUT2D eigenvalue weighted by molar-refractivity contribution is 0.308. The van der Waals surface area contributed by atoms with Gasteiger partial charge in [0.15, 0.2) is 0 Å². The highest BCUT2D eigenvalue weighted by Gasteiger charge is 2.14. The summed E-state index contributed by atoms with van der Waals surface area (Å²) in [6.07, 6.45) is 13.1. The molecule has 1 unspecified atom stereocenters. The summed E-state index contributed by atoms with van der Waals surface area (Å²) in [7, 11) is 0. The van der Waals surface area contributed by atoms with Crippen LogP contribution in [0.3, 0.4) is 0 Å². The fraction of sp³-hybridized carbons (Fsp3) is 0.786. The van der Waals surface area contributed by atoms with E-state index in [2.05, 4.69) is 22.9 Å². The van der Waals surface area contributed by atoms with Crippen LogP contribution in [0, 0.1) is 5.92 Å². The molecule has 0 aromatic carbocycles. The maximum atomic E-state index is 5.96. The highest BCUT2D eigenvalue weighted by atomic mass is 15.3. The zero-order valence-corrected chi connectivity index (χ0v) is 10.9. The Morgan fingerprint density at radius 1 is 1.41 bits per heavy atom. The van der Waals surface area contributed by atoms with Crippen LogP contribution in [0.15, 0.2) is 12.4 Å². The van der Waals surface area contributed by atoms with Gasteiger partial charge >= 0.3 is 0 Å². The van der Waals surface area contributed by atoms with Crippen molar-refractivity contribution < 1.29 is 0 Å². The third kappa shape index (κ3) is 3.84. The Hall–Kier alpha value is -0.830. The summed E-state index contributed by atoms with van der Waals surface area (Å²) in [5, 5.41) is 4.46. The Morgan fingerprint density at radius 3 is 2.88 bits per heavy atom. The minimum atomic E-state index is 0.280. The molecule has 0 saturated heterocycles. The lowest BCUT2D eigenvalue weighted by atomic mass is 9.89. The van der Waals surface area contributed by atoms with Crippen LogP contribution in [-0.2, 0) is 13.0 Å². The van der Waals surface area contributed by atoms with Gasteiger partial charge in [-0.25, -0.2) is 0 Å². The molecule has 1 aliphatic rings. The van der Waals surface area contributed by atoms with Gasteiger partial charge in [-0.05, 0) is 37.2 Å². The van der Waals surface area contributed by atoms with Crippen molar-refractivity contribution in [1.82, 2.24) is 9.78 Å². The van der Waals surface area contributed by atoms with E-state index in [0.29, 0.717) is 0 Å². The number of nitrogens with two attached hydrogens (primary N) is 1. The predicted octanol–water partition coefficient (Wildman–Crippen LogP) is 2.74. The van der Waals surface area contributed by atoms with Crippen molar-refractivity contribution in [1.29, 1.82) is 0 Å². The molecule has 0 amide bonds. The number of rotatable bonds is 5. The molecule has 1 heterocycles. The van der Waals surface area contributed by atoms with E-state index in [1.165, 1.54) is 37.7 Å². The van der Waals surface area contributed by atoms with Crippen molar-refractivity contribution in [2.75, 3.05) is 0 Å². The standard InChI is InChI=1S/C14H25N3/c1-2-14(15)8-13-9-16-17(11-13)10-12-6-4-3-5-7-12/h9,11-12,14H,2-8,10,15H2,1H3. The van der Waals surface area contributed by atoms with Crippen LogP contribution in [0.4, 0.5) is 0 Å². The SMILES string of the molecule is CCC(N)Cc1cnn(CC2CCCCC2)c1. The van der Waals surface area contributed by atoms with Crippen LogP contribution in [0.2, 0.25) is 0 Å². The predicted molar refractivity (Wildman–Crippen MR) is 70.8 cm³/mol. The average Bonchev–Trinajstić information content (AvgIpc) is 2.77. The Kier molecular flexibility index (Phi) is 4.60. The minimum absolute atomic E-state index is 0.280. The third-order valence-electron chi connectivity index (χ3n) is 3.88. The van der Waals surface area contributed by atoms with Gasteiger partial charge < -0.3 is 5.73 Å². The van der Waals surface area contributed by atoms with E-state index in [4.69, 9.17) is 5.73 Å². The van der Waals surface area contributed by atoms with E-state index < -0.39 is 0 Å². The molecule has 96 valence electrons. The van der Waals surface area contributed by atoms with Gasteiger partial charge in [-0.15, -0.1) is 0 Å². The molecule has 2 N–H and O–H groups in total. The Labute approximate surface area is 104 Å². The molecule has 3 nitrogen and oxygen atoms in total. The van der Waals surface area contributed by atoms with Gasteiger partial charge in [-0.2, -0.15) is 5.10 Å². The summed E-state index contributed by atoms with van der Waals surface area (Å²) in [5.74, 6) is 0.844. The summed E-state index contributed by atoms with van der Waals surface area (Å²) >= 11 is 0. The van der Waals surface area contributed by atoms with Gasteiger partial charge in [0.25, 0.3) is 0 Å². The second-order valence-electron chi connectivity index (χ2n) is 5.45. The number of hydrogen-bond acceptors (Lipinski definition) is 2. The molecule has 3 heteroatoms. The topological polar surface area (TPSA) is 43.8 Å². The van der Waals surface area contributed by atoms with Crippen LogP contribution >= 0.6 is 0 Å². The van der Waals surface area contributed by atoms with Crippen molar-refractivity contribution in [2.45, 2.75) is 64.5 Å². The fourth-order valence-corrected chi connectivity index (χ4v) is 2.69. The maximum Gasteiger partial charge on any atom is 0.0522 e. The van der Waals surface area contributed by atoms with E-state index in [9.17, 15) is 0 Å². The molecular weight excluding hydrogens is 210 g/mol. The third-order valence-corrected chi connectivity index (χ3v) is 3.88. The first kappa shape index (κ1) is 12.6. The van der Waals surface area contributed by atoms with Gasteiger partial charge in [0.2, 0.25) is 0 Å². The molecule has 0 aliphatic heterocycles. The van der Waals surface area contributed by atoms with Gasteiger partial charge in [0, 0.05) is 18.8 Å². The molecule has 2 rings (SSSR count). The summed E-state index contributed by atoms with van der Waals surface area (Å²) in [6, 6.07) is 0.280. The second kappa shape index (κ2) is 6.20. The van der Waals surface area contributed by atoms with Crippen LogP contribution in [-0.4, -0.2) is 15.8 Å². The zero-order valence-electron chi connectivity index (χ0n) is 10.9. The van der Waals surface area contributed by atoms with Gasteiger partial charge in [0.1, 0.15) is 0 Å². The first-order chi connectivity index (χ1) is 8.28. The second-order valence-corrected chi connectivity index (χ2v) is 5.45. The van der Waals surface area contributed by atoms with Gasteiger partial charge in [0.05, 0.1) is 6.20 Å². The quantitative estimate of drug-likeness (QED) is 0.853. The van der Waals surface area contributed by atoms with E-state index >= 15 is 0 Å². The molecular formula is C14H25N3. The summed E-state index contributed by atoms with van der Waals surface area (Å²) in [4.78, 5) is 0. The van der Waals surface area contributed by atoms with Crippen molar-refractivity contribution in [2.24, 2.45) is 11.7 Å². The molecule has 1 aromatic heterocycles. The lowest BCUT2D eigenvalue weighted by Crippen LogP contribution is -2.21. The summed E-state index contributed by atoms with van der Waals surface area (Å²) in [6.45, 7) is 3.23. The van der Waals surface area contributed by atoms with E-state index in [-0.39, 0.29) is 6.04 Å². The van der Waals surface area contributed by atoms with Crippen LogP contribution in [0.5, 0.6) is 0 Å². The van der Waals surface area contributed by atoms with Crippen molar-refractivity contribution in [3.05, 3.63) is 18.0 Å². The molecule has 1 atom stereocenters. The molecule has 17 heavy (non-hydrogen) atoms. The van der Waals surface area contributed by atoms with Gasteiger partial charge in [-0.3, -0.25) is 4.68 Å². The maximum absolute atomic E-state index is 5.96. The molecule has 1 aliphatic carbocycles. The Morgan fingerprint density at radius 2 is 2.18 bits per heavy atom. The van der Waals surface area contributed by atoms with Crippen LogP contribution in [0.25, 0.3) is 0 Å². The Balaban J connectivity index is 1.84. The zero-order chi connectivity index (χ0) is 12.1. The van der Waals surface area contributed by atoms with E-state index in [0.717, 1.165) is 25.3 Å². The first-order valence-electron chi connectivity index (χ1n) is 7.05. The first-order valence-corrected chi connectivity index (χ1v) is 7.05. The van der Waals surface area contributed by atoms with Crippen molar-refractivity contribution in [3.8, 4) is 0 Å². The minimum Gasteiger partial charge on any atom is -0.327 e. The largest absolute Gasteiger partial charge is 0.327 e. The fourth-order valence-electron chi connectivity index (χ4n) is 2.69. The smallest absolute Gasteiger partial charge is 0.0522 e. The summed E-state index contributed by atoms with van der Waals surface area (Å²) < 4.78 is 2.12. The number of nitrogens with zero attached hydrogens (tertiary/aromatic N) is 2. The summed E-state index contributed by atoms with van der Waals surface area (Å²) in [5.41, 5.74) is 7.25. The monoisotopic (exact) mass is 235 g/mol. The molecule has 0 spiro atoms. The molecule has 0 bridgehead atoms. The lowest BCUT2D eigenvalue weighted by Gasteiger charge is -2.21. The normalized spacial score (nSPS) is 19.4. The van der Waals surface area contributed by atoms with E-state index in [1.807, 2.05) is 6.20 Å². The average molecular weight is 235 g/mol. The highest BCUT2D eigenvalue weighted by Crippen LogP contribution is 2.24. The Bertz CT molecular complexity index is 326. The van der Waals surface area contributed by atoms with Crippen molar-refractivity contribution >= 4 is 0 Å². The molecule has 1 aromatic rings. The number of aromatic nitrogens is 2. The molecule has 1 fully saturated rings. The van der Waals surface area contributed by atoms with Gasteiger partial charge in [-0.1, -0.05) is 26.2 Å². The number of hydrogen-bond donors (Lipinski definition) is 1. The van der Waals surface area contributed by atoms with Crippen LogP contribution < -0.4 is 5.73 Å². The molecule has 0 radical (unpaired) electrons. The van der Waals surface area contributed by atoms with Crippen molar-refractivity contribution in [3.63, 3.8) is 0 Å². The highest BCUT2D eigenvalue weighted by molar-refractivity contribution is 5.05. The molecule has 1 saturated carbocycles. The van der Waals surface area contributed by atoms with E-state index in [1.54, 1.807) is 0 Å².